The molecule has 1 fully saturated rings. The summed E-state index contributed by atoms with van der Waals surface area (Å²) in [5.74, 6) is 0.514. The van der Waals surface area contributed by atoms with Gasteiger partial charge in [-0.05, 0) is 45.3 Å². The van der Waals surface area contributed by atoms with Gasteiger partial charge in [-0.2, -0.15) is 12.7 Å². The highest BCUT2D eigenvalue weighted by atomic mass is 32.2. The van der Waals surface area contributed by atoms with Gasteiger partial charge in [-0.1, -0.05) is 30.3 Å². The summed E-state index contributed by atoms with van der Waals surface area (Å²) in [5.41, 5.74) is 1.10. The molecule has 0 aromatic heterocycles. The van der Waals surface area contributed by atoms with Gasteiger partial charge in [0, 0.05) is 25.7 Å². The highest BCUT2D eigenvalue weighted by Gasteiger charge is 2.35. The molecule has 1 aliphatic carbocycles. The van der Waals surface area contributed by atoms with Crippen molar-refractivity contribution in [1.82, 2.24) is 13.9 Å². The number of likely N-dealkylation sites (N-methyl/N-ethyl adjacent to an activating group) is 1. The predicted molar refractivity (Wildman–Crippen MR) is 89.7 cm³/mol. The van der Waals surface area contributed by atoms with Gasteiger partial charge in [0.2, 0.25) is 0 Å². The first-order chi connectivity index (χ1) is 10.3. The standard InChI is InChI=1S/C16H27N3O2S/c1-13(14-10-11-14)19(4)22(20,21)17-12-16(18(2)3)15-8-6-5-7-9-15/h5-9,13-14,16-17H,10-12H2,1-4H3/t13-,16+/m1/s1. The minimum atomic E-state index is -3.44. The van der Waals surface area contributed by atoms with Gasteiger partial charge in [0.15, 0.2) is 0 Å². The minimum absolute atomic E-state index is 0.0145. The van der Waals surface area contributed by atoms with Crippen LogP contribution < -0.4 is 4.72 Å². The Kier molecular flexibility index (Phi) is 5.60. The maximum atomic E-state index is 12.5. The molecule has 5 nitrogen and oxygen atoms in total. The van der Waals surface area contributed by atoms with Crippen molar-refractivity contribution in [2.24, 2.45) is 5.92 Å². The molecule has 0 spiro atoms. The lowest BCUT2D eigenvalue weighted by molar-refractivity contribution is 0.294. The van der Waals surface area contributed by atoms with Crippen molar-refractivity contribution < 1.29 is 8.42 Å². The minimum Gasteiger partial charge on any atom is -0.301 e. The van der Waals surface area contributed by atoms with E-state index in [0.717, 1.165) is 18.4 Å². The zero-order valence-corrected chi connectivity index (χ0v) is 14.7. The first-order valence-electron chi connectivity index (χ1n) is 7.77. The van der Waals surface area contributed by atoms with Crippen molar-refractivity contribution in [2.45, 2.75) is 31.8 Å². The molecule has 0 radical (unpaired) electrons. The summed E-state index contributed by atoms with van der Waals surface area (Å²) >= 11 is 0. The van der Waals surface area contributed by atoms with Crippen LogP contribution in [0.1, 0.15) is 31.4 Å². The molecule has 1 aromatic carbocycles. The smallest absolute Gasteiger partial charge is 0.279 e. The summed E-state index contributed by atoms with van der Waals surface area (Å²) in [7, 11) is 2.14. The van der Waals surface area contributed by atoms with Crippen LogP contribution in [0.25, 0.3) is 0 Å². The Morgan fingerprint density at radius 2 is 1.77 bits per heavy atom. The van der Waals surface area contributed by atoms with E-state index in [-0.39, 0.29) is 12.1 Å². The number of benzene rings is 1. The number of hydrogen-bond acceptors (Lipinski definition) is 3. The van der Waals surface area contributed by atoms with Crippen molar-refractivity contribution in [3.05, 3.63) is 35.9 Å². The fourth-order valence-electron chi connectivity index (χ4n) is 2.65. The zero-order chi connectivity index (χ0) is 16.3. The molecule has 2 atom stereocenters. The zero-order valence-electron chi connectivity index (χ0n) is 13.9. The lowest BCUT2D eigenvalue weighted by Crippen LogP contribution is -2.46. The molecule has 1 aliphatic rings. The fourth-order valence-corrected chi connectivity index (χ4v) is 3.84. The number of nitrogens with one attached hydrogen (secondary N) is 1. The van der Waals surface area contributed by atoms with Gasteiger partial charge < -0.3 is 4.90 Å². The molecule has 1 N–H and O–H groups in total. The van der Waals surface area contributed by atoms with E-state index in [2.05, 4.69) is 4.72 Å². The second-order valence-corrected chi connectivity index (χ2v) is 8.15. The van der Waals surface area contributed by atoms with Crippen LogP contribution in [0.5, 0.6) is 0 Å². The Bertz CT molecular complexity index is 570. The normalized spacial score (nSPS) is 18.6. The molecule has 0 amide bonds. The van der Waals surface area contributed by atoms with E-state index >= 15 is 0 Å². The molecule has 124 valence electrons. The van der Waals surface area contributed by atoms with E-state index in [9.17, 15) is 8.42 Å². The van der Waals surface area contributed by atoms with Gasteiger partial charge >= 0.3 is 0 Å². The van der Waals surface area contributed by atoms with E-state index in [1.165, 1.54) is 4.31 Å². The molecule has 0 saturated heterocycles. The summed E-state index contributed by atoms with van der Waals surface area (Å²) in [5, 5.41) is 0. The molecule has 1 saturated carbocycles. The molecular weight excluding hydrogens is 298 g/mol. The molecule has 0 bridgehead atoms. The first kappa shape index (κ1) is 17.4. The lowest BCUT2D eigenvalue weighted by atomic mass is 10.1. The van der Waals surface area contributed by atoms with E-state index in [1.807, 2.05) is 56.3 Å². The summed E-state index contributed by atoms with van der Waals surface area (Å²) in [6, 6.07) is 10.0. The van der Waals surface area contributed by atoms with E-state index < -0.39 is 10.2 Å². The van der Waals surface area contributed by atoms with Crippen LogP contribution >= 0.6 is 0 Å². The average Bonchev–Trinajstić information content (AvgIpc) is 3.31. The largest absolute Gasteiger partial charge is 0.301 e. The van der Waals surface area contributed by atoms with E-state index in [4.69, 9.17) is 0 Å². The summed E-state index contributed by atoms with van der Waals surface area (Å²) in [6.07, 6.45) is 2.26. The molecular formula is C16H27N3O2S. The molecule has 0 unspecified atom stereocenters. The highest BCUT2D eigenvalue weighted by Crippen LogP contribution is 2.35. The number of nitrogens with zero attached hydrogens (tertiary/aromatic N) is 2. The third-order valence-corrected chi connectivity index (χ3v) is 6.15. The fraction of sp³-hybridized carbons (Fsp3) is 0.625. The van der Waals surface area contributed by atoms with Crippen molar-refractivity contribution in [3.8, 4) is 0 Å². The van der Waals surface area contributed by atoms with E-state index in [0.29, 0.717) is 12.5 Å². The summed E-state index contributed by atoms with van der Waals surface area (Å²) in [6.45, 7) is 2.35. The van der Waals surface area contributed by atoms with Crippen molar-refractivity contribution in [2.75, 3.05) is 27.7 Å². The van der Waals surface area contributed by atoms with Crippen LogP contribution in [0.2, 0.25) is 0 Å². The maximum absolute atomic E-state index is 12.5. The van der Waals surface area contributed by atoms with Crippen LogP contribution in [0.4, 0.5) is 0 Å². The monoisotopic (exact) mass is 325 g/mol. The van der Waals surface area contributed by atoms with Gasteiger partial charge in [0.1, 0.15) is 0 Å². The third-order valence-electron chi connectivity index (χ3n) is 4.52. The van der Waals surface area contributed by atoms with Gasteiger partial charge in [-0.3, -0.25) is 0 Å². The van der Waals surface area contributed by atoms with Crippen LogP contribution in [0.3, 0.4) is 0 Å². The number of hydrogen-bond donors (Lipinski definition) is 1. The molecule has 0 heterocycles. The van der Waals surface area contributed by atoms with Gasteiger partial charge in [0.05, 0.1) is 0 Å². The Morgan fingerprint density at radius 3 is 2.27 bits per heavy atom. The van der Waals surface area contributed by atoms with Gasteiger partial charge in [0.25, 0.3) is 10.2 Å². The summed E-state index contributed by atoms with van der Waals surface area (Å²) < 4.78 is 29.2. The van der Waals surface area contributed by atoms with Crippen molar-refractivity contribution in [1.29, 1.82) is 0 Å². The van der Waals surface area contributed by atoms with Crippen LogP contribution in [0, 0.1) is 5.92 Å². The third kappa shape index (κ3) is 4.29. The second kappa shape index (κ2) is 7.08. The summed E-state index contributed by atoms with van der Waals surface area (Å²) in [4.78, 5) is 2.03. The SMILES string of the molecule is C[C@H](C1CC1)N(C)S(=O)(=O)NC[C@@H](c1ccccc1)N(C)C. The maximum Gasteiger partial charge on any atom is 0.279 e. The van der Waals surface area contributed by atoms with Crippen LogP contribution in [-0.4, -0.2) is 51.4 Å². The Morgan fingerprint density at radius 1 is 1.18 bits per heavy atom. The average molecular weight is 325 g/mol. The Balaban J connectivity index is 2.02. The Labute approximate surface area is 134 Å². The van der Waals surface area contributed by atoms with Gasteiger partial charge in [-0.25, -0.2) is 4.72 Å². The molecule has 22 heavy (non-hydrogen) atoms. The first-order valence-corrected chi connectivity index (χ1v) is 9.21. The molecule has 0 aliphatic heterocycles. The lowest BCUT2D eigenvalue weighted by Gasteiger charge is -2.28. The van der Waals surface area contributed by atoms with Crippen molar-refractivity contribution in [3.63, 3.8) is 0 Å². The van der Waals surface area contributed by atoms with E-state index in [1.54, 1.807) is 7.05 Å². The molecule has 1 aromatic rings. The van der Waals surface area contributed by atoms with Crippen LogP contribution in [-0.2, 0) is 10.2 Å². The van der Waals surface area contributed by atoms with Gasteiger partial charge in [-0.15, -0.1) is 0 Å². The topological polar surface area (TPSA) is 52.7 Å². The molecule has 6 heteroatoms. The second-order valence-electron chi connectivity index (χ2n) is 6.34. The predicted octanol–water partition coefficient (Wildman–Crippen LogP) is 1.85. The van der Waals surface area contributed by atoms with Crippen LogP contribution in [0.15, 0.2) is 30.3 Å². The quantitative estimate of drug-likeness (QED) is 0.794. The number of rotatable bonds is 8. The highest BCUT2D eigenvalue weighted by molar-refractivity contribution is 7.87. The van der Waals surface area contributed by atoms with Crippen molar-refractivity contribution >= 4 is 10.2 Å². The Hall–Kier alpha value is -0.950. The molecule has 2 rings (SSSR count).